The third-order valence-electron chi connectivity index (χ3n) is 1.24. The van der Waals surface area contributed by atoms with E-state index in [2.05, 4.69) is 9.35 Å². The molecular formula is C8H9ClN2O2S. The van der Waals surface area contributed by atoms with Crippen molar-refractivity contribution in [1.82, 2.24) is 4.98 Å². The first-order valence-corrected chi connectivity index (χ1v) is 6.42. The maximum Gasteiger partial charge on any atom is 0.303 e. The molecular weight excluding hydrogens is 224 g/mol. The lowest BCUT2D eigenvalue weighted by Gasteiger charge is -1.96. The van der Waals surface area contributed by atoms with E-state index in [1.807, 2.05) is 0 Å². The maximum atomic E-state index is 11.3. The standard InChI is InChI=1S/C8H9ClN2O2S/c1-14(2,13)11-8(12)7-5-6(9)3-4-10-7/h3-5H,1-2H3. The SMILES string of the molecule is CS(C)(=O)=NC(=O)c1cc(Cl)ccn1. The van der Waals surface area contributed by atoms with Crippen molar-refractivity contribution < 1.29 is 9.00 Å². The van der Waals surface area contributed by atoms with Crippen LogP contribution in [0.25, 0.3) is 0 Å². The molecule has 1 aromatic rings. The van der Waals surface area contributed by atoms with Crippen molar-refractivity contribution in [2.45, 2.75) is 0 Å². The van der Waals surface area contributed by atoms with Gasteiger partial charge in [0, 0.05) is 33.5 Å². The normalized spacial score (nSPS) is 11.1. The van der Waals surface area contributed by atoms with Gasteiger partial charge in [-0.2, -0.15) is 4.36 Å². The van der Waals surface area contributed by atoms with Crippen molar-refractivity contribution in [3.63, 3.8) is 0 Å². The molecule has 0 unspecified atom stereocenters. The van der Waals surface area contributed by atoms with Crippen molar-refractivity contribution in [2.24, 2.45) is 4.36 Å². The van der Waals surface area contributed by atoms with E-state index in [4.69, 9.17) is 11.6 Å². The van der Waals surface area contributed by atoms with E-state index in [0.29, 0.717) is 5.02 Å². The molecule has 0 spiro atoms. The van der Waals surface area contributed by atoms with Gasteiger partial charge in [-0.05, 0) is 12.1 Å². The highest BCUT2D eigenvalue weighted by Gasteiger charge is 2.07. The topological polar surface area (TPSA) is 59.4 Å². The summed E-state index contributed by atoms with van der Waals surface area (Å²) < 4.78 is 14.7. The number of carbonyl (C=O) groups excluding carboxylic acids is 1. The van der Waals surface area contributed by atoms with Crippen LogP contribution in [0.5, 0.6) is 0 Å². The van der Waals surface area contributed by atoms with Gasteiger partial charge in [-0.1, -0.05) is 11.6 Å². The zero-order valence-electron chi connectivity index (χ0n) is 7.73. The van der Waals surface area contributed by atoms with Crippen molar-refractivity contribution in [3.8, 4) is 0 Å². The number of nitrogens with zero attached hydrogens (tertiary/aromatic N) is 2. The van der Waals surface area contributed by atoms with E-state index in [0.717, 1.165) is 0 Å². The van der Waals surface area contributed by atoms with Gasteiger partial charge >= 0.3 is 5.91 Å². The minimum Gasteiger partial charge on any atom is -0.264 e. The van der Waals surface area contributed by atoms with Crippen LogP contribution >= 0.6 is 11.6 Å². The Morgan fingerprint density at radius 2 is 2.21 bits per heavy atom. The zero-order valence-corrected chi connectivity index (χ0v) is 9.30. The summed E-state index contributed by atoms with van der Waals surface area (Å²) in [4.78, 5) is 15.1. The Labute approximate surface area is 87.5 Å². The zero-order chi connectivity index (χ0) is 10.8. The molecule has 1 heterocycles. The fourth-order valence-electron chi connectivity index (χ4n) is 0.768. The molecule has 0 atom stereocenters. The second-order valence-electron chi connectivity index (χ2n) is 2.94. The third-order valence-corrected chi connectivity index (χ3v) is 2.08. The van der Waals surface area contributed by atoms with Crippen LogP contribution in [-0.4, -0.2) is 27.6 Å². The smallest absolute Gasteiger partial charge is 0.264 e. The second kappa shape index (κ2) is 4.06. The van der Waals surface area contributed by atoms with Crippen LogP contribution in [0.1, 0.15) is 10.5 Å². The number of carbonyl (C=O) groups is 1. The van der Waals surface area contributed by atoms with Crippen LogP contribution in [0.15, 0.2) is 22.7 Å². The van der Waals surface area contributed by atoms with Gasteiger partial charge < -0.3 is 0 Å². The van der Waals surface area contributed by atoms with Gasteiger partial charge in [0.05, 0.1) is 0 Å². The number of rotatable bonds is 1. The van der Waals surface area contributed by atoms with Crippen molar-refractivity contribution in [1.29, 1.82) is 0 Å². The van der Waals surface area contributed by atoms with Crippen LogP contribution < -0.4 is 0 Å². The van der Waals surface area contributed by atoms with Crippen LogP contribution in [0.3, 0.4) is 0 Å². The highest BCUT2D eigenvalue weighted by atomic mass is 35.5. The average Bonchev–Trinajstić information content (AvgIpc) is 2.01. The molecule has 0 aliphatic rings. The molecule has 6 heteroatoms. The molecule has 76 valence electrons. The predicted octanol–water partition coefficient (Wildman–Crippen LogP) is 1.60. The monoisotopic (exact) mass is 232 g/mol. The molecule has 0 saturated carbocycles. The van der Waals surface area contributed by atoms with E-state index in [1.165, 1.54) is 24.8 Å². The van der Waals surface area contributed by atoms with Gasteiger partial charge in [0.15, 0.2) is 0 Å². The van der Waals surface area contributed by atoms with Crippen molar-refractivity contribution >= 4 is 27.2 Å². The van der Waals surface area contributed by atoms with E-state index < -0.39 is 15.6 Å². The van der Waals surface area contributed by atoms with Gasteiger partial charge in [-0.25, -0.2) is 4.21 Å². The fraction of sp³-hybridized carbons (Fsp3) is 0.250. The second-order valence-corrected chi connectivity index (χ2v) is 5.92. The summed E-state index contributed by atoms with van der Waals surface area (Å²) in [5.41, 5.74) is 0.105. The average molecular weight is 233 g/mol. The first-order valence-electron chi connectivity index (χ1n) is 3.71. The Kier molecular flexibility index (Phi) is 3.23. The number of halogens is 1. The summed E-state index contributed by atoms with van der Waals surface area (Å²) in [5.74, 6) is -0.609. The molecule has 0 N–H and O–H groups in total. The lowest BCUT2D eigenvalue weighted by Crippen LogP contribution is -2.02. The lowest BCUT2D eigenvalue weighted by atomic mass is 10.3. The van der Waals surface area contributed by atoms with Gasteiger partial charge in [0.25, 0.3) is 0 Å². The highest BCUT2D eigenvalue weighted by molar-refractivity contribution is 7.92. The molecule has 0 aromatic carbocycles. The molecule has 1 rings (SSSR count). The molecule has 14 heavy (non-hydrogen) atoms. The van der Waals surface area contributed by atoms with Crippen LogP contribution in [0.4, 0.5) is 0 Å². The van der Waals surface area contributed by atoms with Gasteiger partial charge in [0.1, 0.15) is 5.69 Å². The van der Waals surface area contributed by atoms with Crippen LogP contribution in [0, 0.1) is 0 Å². The Balaban J connectivity index is 3.09. The quantitative estimate of drug-likeness (QED) is 0.739. The molecule has 0 saturated heterocycles. The molecule has 4 nitrogen and oxygen atoms in total. The van der Waals surface area contributed by atoms with Crippen molar-refractivity contribution in [2.75, 3.05) is 12.5 Å². The number of hydrogen-bond acceptors (Lipinski definition) is 3. The van der Waals surface area contributed by atoms with E-state index in [1.54, 1.807) is 6.07 Å². The first-order chi connectivity index (χ1) is 6.38. The molecule has 0 radical (unpaired) electrons. The molecule has 0 aliphatic heterocycles. The maximum absolute atomic E-state index is 11.3. The summed E-state index contributed by atoms with van der Waals surface area (Å²) >= 11 is 5.65. The van der Waals surface area contributed by atoms with Crippen molar-refractivity contribution in [3.05, 3.63) is 29.0 Å². The fourth-order valence-corrected chi connectivity index (χ4v) is 1.42. The first kappa shape index (κ1) is 11.1. The van der Waals surface area contributed by atoms with Gasteiger partial charge in [0.2, 0.25) is 0 Å². The Hall–Kier alpha value is -0.940. The summed E-state index contributed by atoms with van der Waals surface area (Å²) in [7, 11) is -2.44. The molecule has 0 fully saturated rings. The Morgan fingerprint density at radius 1 is 1.57 bits per heavy atom. The lowest BCUT2D eigenvalue weighted by molar-refractivity contribution is 0.100. The molecule has 0 aliphatic carbocycles. The minimum atomic E-state index is -2.44. The van der Waals surface area contributed by atoms with Gasteiger partial charge in [-0.15, -0.1) is 0 Å². The highest BCUT2D eigenvalue weighted by Crippen LogP contribution is 2.09. The number of hydrogen-bond donors (Lipinski definition) is 0. The largest absolute Gasteiger partial charge is 0.303 e. The van der Waals surface area contributed by atoms with Crippen LogP contribution in [-0.2, 0) is 9.73 Å². The Morgan fingerprint density at radius 3 is 2.71 bits per heavy atom. The number of amides is 1. The number of aromatic nitrogens is 1. The van der Waals surface area contributed by atoms with E-state index in [-0.39, 0.29) is 5.69 Å². The summed E-state index contributed by atoms with van der Waals surface area (Å²) in [6, 6.07) is 2.94. The van der Waals surface area contributed by atoms with Gasteiger partial charge in [-0.3, -0.25) is 9.78 Å². The van der Waals surface area contributed by atoms with E-state index in [9.17, 15) is 9.00 Å². The number of pyridine rings is 1. The molecule has 1 aromatic heterocycles. The third kappa shape index (κ3) is 3.43. The summed E-state index contributed by atoms with van der Waals surface area (Å²) in [6.45, 7) is 0. The Bertz CT molecular complexity index is 470. The summed E-state index contributed by atoms with van der Waals surface area (Å²) in [5, 5.41) is 0.400. The summed E-state index contributed by atoms with van der Waals surface area (Å²) in [6.07, 6.45) is 4.17. The van der Waals surface area contributed by atoms with E-state index >= 15 is 0 Å². The molecule has 1 amide bonds. The van der Waals surface area contributed by atoms with Crippen LogP contribution in [0.2, 0.25) is 5.02 Å². The minimum absolute atomic E-state index is 0.105. The molecule has 0 bridgehead atoms. The predicted molar refractivity (Wildman–Crippen MR) is 56.0 cm³/mol.